The van der Waals surface area contributed by atoms with Crippen LogP contribution >= 0.6 is 0 Å². The Balaban J connectivity index is 1.27. The van der Waals surface area contributed by atoms with Gasteiger partial charge in [0.15, 0.2) is 0 Å². The second kappa shape index (κ2) is 8.37. The molecule has 2 aliphatic rings. The van der Waals surface area contributed by atoms with Gasteiger partial charge in [0.25, 0.3) is 11.5 Å². The van der Waals surface area contributed by atoms with Gasteiger partial charge < -0.3 is 15.6 Å². The third kappa shape index (κ3) is 4.19. The molecule has 0 spiro atoms. The van der Waals surface area contributed by atoms with Crippen molar-refractivity contribution in [3.8, 4) is 0 Å². The number of likely N-dealkylation sites (tertiary alicyclic amines) is 1. The van der Waals surface area contributed by atoms with Crippen molar-refractivity contribution in [1.82, 2.24) is 20.2 Å². The highest BCUT2D eigenvalue weighted by molar-refractivity contribution is 5.92. The molecule has 1 amide bonds. The van der Waals surface area contributed by atoms with Crippen molar-refractivity contribution in [2.45, 2.75) is 50.6 Å². The Hall–Kier alpha value is -2.67. The largest absolute Gasteiger partial charge is 0.378 e. The molecule has 4 rings (SSSR count). The zero-order valence-corrected chi connectivity index (χ0v) is 17.1. The van der Waals surface area contributed by atoms with Gasteiger partial charge in [-0.3, -0.25) is 14.5 Å². The Bertz CT molecular complexity index is 918. The highest BCUT2D eigenvalue weighted by atomic mass is 16.1. The average molecular weight is 396 g/mol. The lowest BCUT2D eigenvalue weighted by atomic mass is 10.00. The molecule has 2 unspecified atom stereocenters. The maximum atomic E-state index is 12.1. The third-order valence-electron chi connectivity index (χ3n) is 6.26. The summed E-state index contributed by atoms with van der Waals surface area (Å²) in [5, 5.41) is 6.07. The molecule has 1 aliphatic carbocycles. The number of rotatable bonds is 6. The van der Waals surface area contributed by atoms with Gasteiger partial charge in [-0.15, -0.1) is 0 Å². The Morgan fingerprint density at radius 1 is 1.24 bits per heavy atom. The summed E-state index contributed by atoms with van der Waals surface area (Å²) in [5.41, 5.74) is 3.39. The molecule has 2 atom stereocenters. The number of hydrogen-bond acceptors (Lipinski definition) is 5. The molecule has 1 saturated heterocycles. The van der Waals surface area contributed by atoms with E-state index in [9.17, 15) is 9.59 Å². The zero-order chi connectivity index (χ0) is 20.4. The van der Waals surface area contributed by atoms with Gasteiger partial charge in [0.1, 0.15) is 5.69 Å². The van der Waals surface area contributed by atoms with E-state index in [-0.39, 0.29) is 11.5 Å². The van der Waals surface area contributed by atoms with E-state index in [0.717, 1.165) is 49.3 Å². The lowest BCUT2D eigenvalue weighted by Gasteiger charge is -2.44. The van der Waals surface area contributed by atoms with Crippen molar-refractivity contribution in [2.75, 3.05) is 25.5 Å². The van der Waals surface area contributed by atoms with Crippen molar-refractivity contribution >= 4 is 11.6 Å². The quantitative estimate of drug-likeness (QED) is 0.697. The summed E-state index contributed by atoms with van der Waals surface area (Å²) in [5.74, 6) is 0.278. The minimum atomic E-state index is -0.173. The van der Waals surface area contributed by atoms with E-state index in [2.05, 4.69) is 31.6 Å². The SMILES string of the molecule is CCc1ccc(C2CCC(N3CC(Nc4ccc(C(=O)NC)nc4)C3)C2)[nH]c1=O. The zero-order valence-electron chi connectivity index (χ0n) is 17.1. The van der Waals surface area contributed by atoms with E-state index in [0.29, 0.717) is 23.7 Å². The summed E-state index contributed by atoms with van der Waals surface area (Å²) in [6.45, 7) is 4.04. The number of carbonyl (C=O) groups excluding carboxylic acids is 1. The van der Waals surface area contributed by atoms with Crippen molar-refractivity contribution < 1.29 is 4.79 Å². The number of amides is 1. The predicted octanol–water partition coefficient (Wildman–Crippen LogP) is 2.12. The summed E-state index contributed by atoms with van der Waals surface area (Å²) < 4.78 is 0. The highest BCUT2D eigenvalue weighted by Gasteiger charge is 2.37. The summed E-state index contributed by atoms with van der Waals surface area (Å²) in [4.78, 5) is 33.5. The average Bonchev–Trinajstić information content (AvgIpc) is 3.19. The summed E-state index contributed by atoms with van der Waals surface area (Å²) in [6, 6.07) is 8.72. The molecule has 7 heteroatoms. The van der Waals surface area contributed by atoms with Gasteiger partial charge in [0, 0.05) is 43.4 Å². The number of aryl methyl sites for hydroxylation is 1. The standard InChI is InChI=1S/C22H29N5O2/c1-3-14-5-8-19(26-21(14)28)15-4-7-18(10-15)27-12-17(13-27)25-16-6-9-20(24-11-16)22(29)23-2/h5-6,8-9,11,15,17-18,25H,3-4,7,10,12-13H2,1-2H3,(H,23,29)(H,26,28). The number of anilines is 1. The fourth-order valence-corrected chi connectivity index (χ4v) is 4.49. The van der Waals surface area contributed by atoms with Crippen LogP contribution in [0.4, 0.5) is 5.69 Å². The van der Waals surface area contributed by atoms with Crippen LogP contribution in [0.25, 0.3) is 0 Å². The first-order valence-corrected chi connectivity index (χ1v) is 10.5. The second-order valence-electron chi connectivity index (χ2n) is 8.09. The van der Waals surface area contributed by atoms with Crippen LogP contribution in [0.2, 0.25) is 0 Å². The van der Waals surface area contributed by atoms with Gasteiger partial charge in [-0.1, -0.05) is 13.0 Å². The molecular formula is C22H29N5O2. The van der Waals surface area contributed by atoms with Gasteiger partial charge in [-0.05, 0) is 43.9 Å². The maximum Gasteiger partial charge on any atom is 0.269 e. The Morgan fingerprint density at radius 2 is 2.07 bits per heavy atom. The van der Waals surface area contributed by atoms with Crippen LogP contribution in [0.5, 0.6) is 0 Å². The first kappa shape index (κ1) is 19.6. The molecule has 7 nitrogen and oxygen atoms in total. The van der Waals surface area contributed by atoms with Gasteiger partial charge in [-0.2, -0.15) is 0 Å². The first-order chi connectivity index (χ1) is 14.1. The number of H-pyrrole nitrogens is 1. The van der Waals surface area contributed by atoms with Crippen LogP contribution in [0, 0.1) is 0 Å². The van der Waals surface area contributed by atoms with Gasteiger partial charge >= 0.3 is 0 Å². The number of nitrogens with one attached hydrogen (secondary N) is 3. The minimum absolute atomic E-state index is 0.0673. The van der Waals surface area contributed by atoms with E-state index in [1.807, 2.05) is 19.1 Å². The van der Waals surface area contributed by atoms with Crippen molar-refractivity contribution in [3.63, 3.8) is 0 Å². The van der Waals surface area contributed by atoms with E-state index in [4.69, 9.17) is 0 Å². The number of nitrogens with zero attached hydrogens (tertiary/aromatic N) is 2. The predicted molar refractivity (Wildman–Crippen MR) is 113 cm³/mol. The van der Waals surface area contributed by atoms with Crippen LogP contribution in [0.1, 0.15) is 53.8 Å². The Morgan fingerprint density at radius 3 is 2.72 bits per heavy atom. The highest BCUT2D eigenvalue weighted by Crippen LogP contribution is 2.37. The van der Waals surface area contributed by atoms with Crippen molar-refractivity contribution in [3.05, 3.63) is 57.8 Å². The molecule has 2 fully saturated rings. The van der Waals surface area contributed by atoms with Crippen LogP contribution in [-0.4, -0.2) is 53.0 Å². The van der Waals surface area contributed by atoms with Gasteiger partial charge in [0.05, 0.1) is 17.9 Å². The molecule has 0 bridgehead atoms. The van der Waals surface area contributed by atoms with Gasteiger partial charge in [-0.25, -0.2) is 4.98 Å². The summed E-state index contributed by atoms with van der Waals surface area (Å²) in [6.07, 6.45) is 5.91. The van der Waals surface area contributed by atoms with E-state index in [1.54, 1.807) is 19.3 Å². The molecule has 0 radical (unpaired) electrons. The lowest BCUT2D eigenvalue weighted by Crippen LogP contribution is -2.58. The number of carbonyl (C=O) groups is 1. The van der Waals surface area contributed by atoms with Crippen LogP contribution in [0.3, 0.4) is 0 Å². The fraction of sp³-hybridized carbons (Fsp3) is 0.500. The summed E-state index contributed by atoms with van der Waals surface area (Å²) >= 11 is 0. The molecule has 154 valence electrons. The smallest absolute Gasteiger partial charge is 0.269 e. The Kier molecular flexibility index (Phi) is 5.67. The lowest BCUT2D eigenvalue weighted by molar-refractivity contribution is 0.0958. The van der Waals surface area contributed by atoms with Crippen molar-refractivity contribution in [1.29, 1.82) is 0 Å². The van der Waals surface area contributed by atoms with Crippen LogP contribution in [0.15, 0.2) is 35.3 Å². The number of aromatic nitrogens is 2. The van der Waals surface area contributed by atoms with Crippen LogP contribution in [-0.2, 0) is 6.42 Å². The third-order valence-corrected chi connectivity index (χ3v) is 6.26. The molecule has 3 heterocycles. The topological polar surface area (TPSA) is 90.1 Å². The first-order valence-electron chi connectivity index (χ1n) is 10.5. The van der Waals surface area contributed by atoms with E-state index in [1.165, 1.54) is 6.42 Å². The fourth-order valence-electron chi connectivity index (χ4n) is 4.49. The van der Waals surface area contributed by atoms with E-state index < -0.39 is 0 Å². The molecule has 2 aromatic rings. The molecule has 2 aromatic heterocycles. The second-order valence-corrected chi connectivity index (χ2v) is 8.09. The summed E-state index contributed by atoms with van der Waals surface area (Å²) in [7, 11) is 1.60. The van der Waals surface area contributed by atoms with Crippen LogP contribution < -0.4 is 16.2 Å². The monoisotopic (exact) mass is 395 g/mol. The number of aromatic amines is 1. The molecular weight excluding hydrogens is 366 g/mol. The molecule has 1 aliphatic heterocycles. The number of pyridine rings is 2. The number of hydrogen-bond donors (Lipinski definition) is 3. The van der Waals surface area contributed by atoms with E-state index >= 15 is 0 Å². The minimum Gasteiger partial charge on any atom is -0.378 e. The molecule has 3 N–H and O–H groups in total. The molecule has 0 aromatic carbocycles. The Labute approximate surface area is 170 Å². The molecule has 29 heavy (non-hydrogen) atoms. The molecule has 1 saturated carbocycles. The normalized spacial score (nSPS) is 22.3. The van der Waals surface area contributed by atoms with Gasteiger partial charge in [0.2, 0.25) is 0 Å². The van der Waals surface area contributed by atoms with Crippen molar-refractivity contribution in [2.24, 2.45) is 0 Å². The maximum absolute atomic E-state index is 12.1.